The van der Waals surface area contributed by atoms with E-state index in [1.54, 1.807) is 24.3 Å². The number of methoxy groups -OCH3 is 1. The Balaban J connectivity index is 1.99. The van der Waals surface area contributed by atoms with Crippen molar-refractivity contribution >= 4 is 62.2 Å². The molecule has 7 nitrogen and oxygen atoms in total. The number of hydrogen-bond donors (Lipinski definition) is 0. The topological polar surface area (TPSA) is 82.8 Å². The fraction of sp³-hybridized carbons (Fsp3) is 0.273. The van der Waals surface area contributed by atoms with Crippen LogP contribution in [0.4, 0.5) is 0 Å². The van der Waals surface area contributed by atoms with Crippen LogP contribution in [0, 0.1) is 0 Å². The van der Waals surface area contributed by atoms with E-state index in [0.29, 0.717) is 28.7 Å². The molecule has 168 valence electrons. The lowest BCUT2D eigenvalue weighted by molar-refractivity contribution is -0.142. The molecule has 3 rings (SSSR count). The molecule has 1 heterocycles. The van der Waals surface area contributed by atoms with Gasteiger partial charge in [-0.05, 0) is 42.3 Å². The van der Waals surface area contributed by atoms with Crippen LogP contribution >= 0.6 is 39.1 Å². The third-order valence-corrected chi connectivity index (χ3v) is 5.59. The Morgan fingerprint density at radius 1 is 1.25 bits per heavy atom. The molecule has 0 aliphatic carbocycles. The summed E-state index contributed by atoms with van der Waals surface area (Å²) in [6.07, 6.45) is 3.91. The number of hydrogen-bond acceptors (Lipinski definition) is 6. The van der Waals surface area contributed by atoms with Gasteiger partial charge in [-0.15, -0.1) is 0 Å². The van der Waals surface area contributed by atoms with Gasteiger partial charge in [0.15, 0.2) is 12.4 Å². The first-order valence-electron chi connectivity index (χ1n) is 9.78. The first-order chi connectivity index (χ1) is 15.3. The number of esters is 1. The van der Waals surface area contributed by atoms with Crippen molar-refractivity contribution in [1.29, 1.82) is 0 Å². The number of unbranched alkanes of at least 4 members (excludes halogenated alkanes) is 1. The molecule has 0 bridgehead atoms. The molecule has 0 unspecified atom stereocenters. The summed E-state index contributed by atoms with van der Waals surface area (Å²) >= 11 is 15.9. The van der Waals surface area contributed by atoms with Crippen molar-refractivity contribution in [3.8, 4) is 5.75 Å². The van der Waals surface area contributed by atoms with Gasteiger partial charge in [-0.3, -0.25) is 4.79 Å². The average molecular weight is 541 g/mol. The molecule has 0 amide bonds. The largest absolute Gasteiger partial charge is 0.479 e. The summed E-state index contributed by atoms with van der Waals surface area (Å²) in [4.78, 5) is 29.1. The zero-order valence-electron chi connectivity index (χ0n) is 17.4. The average Bonchev–Trinajstić information content (AvgIpc) is 2.76. The second-order valence-corrected chi connectivity index (χ2v) is 8.56. The summed E-state index contributed by atoms with van der Waals surface area (Å²) in [5.41, 5.74) is 0.899. The summed E-state index contributed by atoms with van der Waals surface area (Å²) in [6.45, 7) is 1.75. The van der Waals surface area contributed by atoms with Gasteiger partial charge >= 0.3 is 5.97 Å². The van der Waals surface area contributed by atoms with Crippen molar-refractivity contribution in [2.75, 3.05) is 13.7 Å². The third-order valence-electron chi connectivity index (χ3n) is 4.53. The predicted octanol–water partition coefficient (Wildman–Crippen LogP) is 5.24. The van der Waals surface area contributed by atoms with Crippen LogP contribution in [-0.4, -0.2) is 35.6 Å². The van der Waals surface area contributed by atoms with Crippen LogP contribution in [0.5, 0.6) is 5.75 Å². The van der Waals surface area contributed by atoms with Crippen LogP contribution in [0.2, 0.25) is 10.0 Å². The minimum absolute atomic E-state index is 0.161. The van der Waals surface area contributed by atoms with E-state index in [1.165, 1.54) is 18.0 Å². The molecule has 0 N–H and O–H groups in total. The van der Waals surface area contributed by atoms with Gasteiger partial charge in [0.25, 0.3) is 5.56 Å². The lowest BCUT2D eigenvalue weighted by atomic mass is 10.2. The molecule has 2 aromatic carbocycles. The van der Waals surface area contributed by atoms with Gasteiger partial charge in [-0.2, -0.15) is 9.78 Å². The van der Waals surface area contributed by atoms with Crippen molar-refractivity contribution < 1.29 is 14.3 Å². The second kappa shape index (κ2) is 10.9. The van der Waals surface area contributed by atoms with E-state index in [2.05, 4.69) is 37.7 Å². The number of carbonyl (C=O) groups excluding carboxylic acids is 1. The van der Waals surface area contributed by atoms with Crippen molar-refractivity contribution in [3.63, 3.8) is 0 Å². The Kier molecular flexibility index (Phi) is 8.28. The summed E-state index contributed by atoms with van der Waals surface area (Å²) in [5.74, 6) is 0.171. The van der Waals surface area contributed by atoms with Gasteiger partial charge in [0.1, 0.15) is 5.82 Å². The monoisotopic (exact) mass is 539 g/mol. The highest BCUT2D eigenvalue weighted by molar-refractivity contribution is 9.10. The van der Waals surface area contributed by atoms with Crippen LogP contribution in [-0.2, 0) is 16.0 Å². The zero-order chi connectivity index (χ0) is 23.3. The van der Waals surface area contributed by atoms with Crippen molar-refractivity contribution in [2.45, 2.75) is 26.2 Å². The molecule has 32 heavy (non-hydrogen) atoms. The van der Waals surface area contributed by atoms with Crippen molar-refractivity contribution in [2.24, 2.45) is 5.10 Å². The van der Waals surface area contributed by atoms with Crippen LogP contribution in [0.25, 0.3) is 10.9 Å². The van der Waals surface area contributed by atoms with Crippen molar-refractivity contribution in [3.05, 3.63) is 66.6 Å². The molecule has 0 fully saturated rings. The summed E-state index contributed by atoms with van der Waals surface area (Å²) in [7, 11) is 1.26. The first kappa shape index (κ1) is 24.2. The highest BCUT2D eigenvalue weighted by atomic mass is 79.9. The Labute approximate surface area is 203 Å². The maximum absolute atomic E-state index is 13.1. The number of aromatic nitrogens is 2. The standard InChI is InChI=1S/C22H20BrCl2N3O4/c1-3-4-5-19-27-18-7-6-14(23)10-15(18)22(30)28(19)26-11-13-8-16(24)21(17(25)9-13)32-12-20(29)31-2/h6-11H,3-5,12H2,1-2H3. The normalized spacial score (nSPS) is 11.3. The smallest absolute Gasteiger partial charge is 0.343 e. The summed E-state index contributed by atoms with van der Waals surface area (Å²) in [6, 6.07) is 8.52. The molecule has 0 aliphatic heterocycles. The van der Waals surface area contributed by atoms with E-state index in [0.717, 1.165) is 17.3 Å². The highest BCUT2D eigenvalue weighted by Crippen LogP contribution is 2.33. The molecule has 0 saturated carbocycles. The molecular formula is C22H20BrCl2N3O4. The minimum atomic E-state index is -0.558. The molecule has 3 aromatic rings. The molecular weight excluding hydrogens is 521 g/mol. The van der Waals surface area contributed by atoms with Crippen LogP contribution in [0.1, 0.15) is 31.2 Å². The summed E-state index contributed by atoms with van der Waals surface area (Å²) in [5, 5.41) is 5.23. The molecule has 0 radical (unpaired) electrons. The van der Waals surface area contributed by atoms with Gasteiger partial charge in [0.2, 0.25) is 0 Å². The van der Waals surface area contributed by atoms with Crippen LogP contribution < -0.4 is 10.3 Å². The van der Waals surface area contributed by atoms with E-state index in [4.69, 9.17) is 27.9 Å². The fourth-order valence-electron chi connectivity index (χ4n) is 2.92. The Morgan fingerprint density at radius 2 is 1.97 bits per heavy atom. The molecule has 1 aromatic heterocycles. The zero-order valence-corrected chi connectivity index (χ0v) is 20.5. The van der Waals surface area contributed by atoms with E-state index < -0.39 is 5.97 Å². The van der Waals surface area contributed by atoms with E-state index >= 15 is 0 Å². The van der Waals surface area contributed by atoms with Crippen LogP contribution in [0.3, 0.4) is 0 Å². The number of benzene rings is 2. The fourth-order valence-corrected chi connectivity index (χ4v) is 3.89. The number of ether oxygens (including phenoxy) is 2. The first-order valence-corrected chi connectivity index (χ1v) is 11.3. The van der Waals surface area contributed by atoms with Gasteiger partial charge in [0.05, 0.1) is 34.3 Å². The molecule has 0 saturated heterocycles. The maximum Gasteiger partial charge on any atom is 0.343 e. The molecule has 0 atom stereocenters. The maximum atomic E-state index is 13.1. The molecule has 10 heteroatoms. The Hall–Kier alpha value is -2.42. The van der Waals surface area contributed by atoms with Gasteiger partial charge in [0, 0.05) is 10.9 Å². The van der Waals surface area contributed by atoms with E-state index in [9.17, 15) is 9.59 Å². The van der Waals surface area contributed by atoms with Crippen molar-refractivity contribution in [1.82, 2.24) is 9.66 Å². The number of fused-ring (bicyclic) bond motifs is 1. The summed E-state index contributed by atoms with van der Waals surface area (Å²) < 4.78 is 11.9. The van der Waals surface area contributed by atoms with Crippen LogP contribution in [0.15, 0.2) is 44.7 Å². The Bertz CT molecular complexity index is 1220. The molecule has 0 aliphatic rings. The number of halogens is 3. The van der Waals surface area contributed by atoms with Gasteiger partial charge < -0.3 is 9.47 Å². The molecule has 0 spiro atoms. The third kappa shape index (κ3) is 5.68. The van der Waals surface area contributed by atoms with Gasteiger partial charge in [-0.1, -0.05) is 52.5 Å². The second-order valence-electron chi connectivity index (χ2n) is 6.83. The predicted molar refractivity (Wildman–Crippen MR) is 129 cm³/mol. The number of nitrogens with zero attached hydrogens (tertiary/aromatic N) is 3. The number of carbonyl (C=O) groups is 1. The lowest BCUT2D eigenvalue weighted by Gasteiger charge is -2.11. The van der Waals surface area contributed by atoms with E-state index in [-0.39, 0.29) is 28.0 Å². The quantitative estimate of drug-likeness (QED) is 0.288. The SMILES string of the molecule is CCCCc1nc2ccc(Br)cc2c(=O)n1N=Cc1cc(Cl)c(OCC(=O)OC)c(Cl)c1. The highest BCUT2D eigenvalue weighted by Gasteiger charge is 2.13. The minimum Gasteiger partial charge on any atom is -0.479 e. The number of aryl methyl sites for hydroxylation is 1. The number of rotatable bonds is 8. The Morgan fingerprint density at radius 3 is 2.62 bits per heavy atom. The van der Waals surface area contributed by atoms with Gasteiger partial charge in [-0.25, -0.2) is 9.78 Å². The van der Waals surface area contributed by atoms with E-state index in [1.807, 2.05) is 6.07 Å². The lowest BCUT2D eigenvalue weighted by Crippen LogP contribution is -2.22.